The van der Waals surface area contributed by atoms with Gasteiger partial charge in [-0.3, -0.25) is 11.3 Å². The van der Waals surface area contributed by atoms with Gasteiger partial charge in [0.25, 0.3) is 0 Å². The zero-order valence-corrected chi connectivity index (χ0v) is 10.5. The maximum absolute atomic E-state index is 6.02. The zero-order chi connectivity index (χ0) is 10.2. The normalized spacial score (nSPS) is 39.0. The molecular weight excluding hydrogens is 212 g/mol. The molecule has 3 N–H and O–H groups in total. The fourth-order valence-corrected chi connectivity index (χ4v) is 2.95. The summed E-state index contributed by atoms with van der Waals surface area (Å²) in [6, 6.07) is 0.507. The van der Waals surface area contributed by atoms with E-state index in [9.17, 15) is 0 Å². The largest absolute Gasteiger partial charge is 0.374 e. The van der Waals surface area contributed by atoms with Gasteiger partial charge in [0.05, 0.1) is 12.2 Å². The van der Waals surface area contributed by atoms with Gasteiger partial charge in [0.2, 0.25) is 0 Å². The number of ether oxygens (including phenoxy) is 1. The van der Waals surface area contributed by atoms with E-state index in [4.69, 9.17) is 10.6 Å². The van der Waals surface area contributed by atoms with Crippen LogP contribution < -0.4 is 11.3 Å². The molecule has 4 heteroatoms. The van der Waals surface area contributed by atoms with Crippen LogP contribution >= 0.6 is 12.4 Å². The summed E-state index contributed by atoms with van der Waals surface area (Å²) < 4.78 is 6.02. The topological polar surface area (TPSA) is 47.3 Å². The smallest absolute Gasteiger partial charge is 0.0690 e. The Morgan fingerprint density at radius 3 is 2.27 bits per heavy atom. The molecule has 1 saturated heterocycles. The molecule has 2 aliphatic rings. The Labute approximate surface area is 98.5 Å². The second-order valence-electron chi connectivity index (χ2n) is 5.75. The van der Waals surface area contributed by atoms with Crippen molar-refractivity contribution >= 4 is 12.4 Å². The third-order valence-electron chi connectivity index (χ3n) is 3.70. The lowest BCUT2D eigenvalue weighted by atomic mass is 9.75. The van der Waals surface area contributed by atoms with Crippen LogP contribution in [0.1, 0.15) is 46.0 Å². The van der Waals surface area contributed by atoms with Crippen molar-refractivity contribution in [3.63, 3.8) is 0 Å². The van der Waals surface area contributed by atoms with Crippen molar-refractivity contribution in [1.82, 2.24) is 5.43 Å². The maximum Gasteiger partial charge on any atom is 0.0690 e. The Bertz CT molecular complexity index is 213. The van der Waals surface area contributed by atoms with Gasteiger partial charge in [0.1, 0.15) is 0 Å². The quantitative estimate of drug-likeness (QED) is 0.539. The maximum atomic E-state index is 6.02. The molecule has 0 unspecified atom stereocenters. The second-order valence-corrected chi connectivity index (χ2v) is 5.75. The van der Waals surface area contributed by atoms with Gasteiger partial charge in [-0.15, -0.1) is 12.4 Å². The number of hydrogen-bond donors (Lipinski definition) is 2. The van der Waals surface area contributed by atoms with E-state index in [1.807, 2.05) is 0 Å². The highest BCUT2D eigenvalue weighted by Crippen LogP contribution is 2.46. The number of hydrogen-bond acceptors (Lipinski definition) is 3. The Morgan fingerprint density at radius 1 is 1.27 bits per heavy atom. The average Bonchev–Trinajstić information content (AvgIpc) is 2.44. The van der Waals surface area contributed by atoms with Crippen molar-refractivity contribution in [2.45, 2.75) is 57.6 Å². The van der Waals surface area contributed by atoms with E-state index in [1.54, 1.807) is 0 Å². The molecule has 0 bridgehead atoms. The fraction of sp³-hybridized carbons (Fsp3) is 1.00. The number of hydrazine groups is 1. The van der Waals surface area contributed by atoms with E-state index in [1.165, 1.54) is 19.3 Å². The van der Waals surface area contributed by atoms with Gasteiger partial charge in [-0.05, 0) is 37.5 Å². The molecule has 15 heavy (non-hydrogen) atoms. The van der Waals surface area contributed by atoms with Crippen molar-refractivity contribution < 1.29 is 4.74 Å². The number of nitrogens with two attached hydrogens (primary N) is 1. The fourth-order valence-electron chi connectivity index (χ4n) is 2.95. The van der Waals surface area contributed by atoms with E-state index in [-0.39, 0.29) is 18.0 Å². The summed E-state index contributed by atoms with van der Waals surface area (Å²) >= 11 is 0. The molecule has 0 aromatic carbocycles. The first-order valence-electron chi connectivity index (χ1n) is 5.65. The predicted octanol–water partition coefficient (Wildman–Crippen LogP) is 2.00. The molecule has 1 saturated carbocycles. The minimum atomic E-state index is 0. The lowest BCUT2D eigenvalue weighted by molar-refractivity contribution is -0.0311. The Hall–Kier alpha value is 0.170. The molecule has 0 aromatic rings. The van der Waals surface area contributed by atoms with Crippen molar-refractivity contribution in [1.29, 1.82) is 0 Å². The molecule has 90 valence electrons. The van der Waals surface area contributed by atoms with Crippen LogP contribution in [0.3, 0.4) is 0 Å². The van der Waals surface area contributed by atoms with Crippen LogP contribution in [-0.4, -0.2) is 18.2 Å². The Morgan fingerprint density at radius 2 is 1.87 bits per heavy atom. The lowest BCUT2D eigenvalue weighted by Crippen LogP contribution is -2.43. The number of halogens is 1. The number of rotatable bonds is 1. The first-order valence-corrected chi connectivity index (χ1v) is 5.65. The van der Waals surface area contributed by atoms with E-state index < -0.39 is 0 Å². The molecule has 0 amide bonds. The minimum absolute atomic E-state index is 0. The predicted molar refractivity (Wildman–Crippen MR) is 63.9 cm³/mol. The molecule has 0 radical (unpaired) electrons. The van der Waals surface area contributed by atoms with Gasteiger partial charge in [0, 0.05) is 6.04 Å². The van der Waals surface area contributed by atoms with Crippen LogP contribution in [-0.2, 0) is 4.74 Å². The summed E-state index contributed by atoms with van der Waals surface area (Å²) in [6.07, 6.45) is 5.88. The third-order valence-corrected chi connectivity index (χ3v) is 3.70. The van der Waals surface area contributed by atoms with E-state index in [2.05, 4.69) is 19.3 Å². The molecule has 1 spiro atoms. The first-order chi connectivity index (χ1) is 6.55. The van der Waals surface area contributed by atoms with Crippen LogP contribution in [0.15, 0.2) is 0 Å². The first kappa shape index (κ1) is 13.2. The SMILES string of the molecule is CC1(C)COC2(CCC(NN)CC2)C1.Cl. The van der Waals surface area contributed by atoms with Gasteiger partial charge in [-0.2, -0.15) is 0 Å². The van der Waals surface area contributed by atoms with Crippen molar-refractivity contribution in [2.24, 2.45) is 11.3 Å². The lowest BCUT2D eigenvalue weighted by Gasteiger charge is -2.36. The van der Waals surface area contributed by atoms with E-state index >= 15 is 0 Å². The highest BCUT2D eigenvalue weighted by atomic mass is 35.5. The summed E-state index contributed by atoms with van der Waals surface area (Å²) in [4.78, 5) is 0. The average molecular weight is 235 g/mol. The number of nitrogens with one attached hydrogen (secondary N) is 1. The summed E-state index contributed by atoms with van der Waals surface area (Å²) in [7, 11) is 0. The van der Waals surface area contributed by atoms with Crippen LogP contribution in [0.25, 0.3) is 0 Å². The van der Waals surface area contributed by atoms with Crippen LogP contribution in [0.2, 0.25) is 0 Å². The minimum Gasteiger partial charge on any atom is -0.374 e. The van der Waals surface area contributed by atoms with Crippen LogP contribution in [0, 0.1) is 5.41 Å². The Balaban J connectivity index is 0.00000112. The molecule has 1 aliphatic carbocycles. The second kappa shape index (κ2) is 4.58. The van der Waals surface area contributed by atoms with Gasteiger partial charge in [0.15, 0.2) is 0 Å². The van der Waals surface area contributed by atoms with Gasteiger partial charge in [-0.25, -0.2) is 0 Å². The molecule has 0 aromatic heterocycles. The standard InChI is InChI=1S/C11H22N2O.ClH/c1-10(2)7-11(14-8-10)5-3-9(13-12)4-6-11;/h9,13H,3-8,12H2,1-2H3;1H. The Kier molecular flexibility index (Phi) is 4.04. The monoisotopic (exact) mass is 234 g/mol. The van der Waals surface area contributed by atoms with E-state index in [0.29, 0.717) is 11.5 Å². The highest BCUT2D eigenvalue weighted by Gasteiger charge is 2.45. The summed E-state index contributed by atoms with van der Waals surface area (Å²) in [5.74, 6) is 5.45. The van der Waals surface area contributed by atoms with Gasteiger partial charge in [-0.1, -0.05) is 13.8 Å². The molecule has 2 fully saturated rings. The van der Waals surface area contributed by atoms with E-state index in [0.717, 1.165) is 19.4 Å². The van der Waals surface area contributed by atoms with Crippen molar-refractivity contribution in [2.75, 3.05) is 6.61 Å². The molecule has 3 nitrogen and oxygen atoms in total. The summed E-state index contributed by atoms with van der Waals surface area (Å²) in [6.45, 7) is 5.53. The molecular formula is C11H23ClN2O. The van der Waals surface area contributed by atoms with Crippen LogP contribution in [0.5, 0.6) is 0 Å². The molecule has 0 atom stereocenters. The molecule has 1 heterocycles. The highest BCUT2D eigenvalue weighted by molar-refractivity contribution is 5.85. The van der Waals surface area contributed by atoms with Crippen molar-refractivity contribution in [3.05, 3.63) is 0 Å². The van der Waals surface area contributed by atoms with Gasteiger partial charge >= 0.3 is 0 Å². The van der Waals surface area contributed by atoms with Crippen LogP contribution in [0.4, 0.5) is 0 Å². The summed E-state index contributed by atoms with van der Waals surface area (Å²) in [5.41, 5.74) is 3.44. The molecule has 2 rings (SSSR count). The molecule has 1 aliphatic heterocycles. The zero-order valence-electron chi connectivity index (χ0n) is 9.71. The van der Waals surface area contributed by atoms with Crippen molar-refractivity contribution in [3.8, 4) is 0 Å². The summed E-state index contributed by atoms with van der Waals surface area (Å²) in [5, 5.41) is 0. The van der Waals surface area contributed by atoms with Gasteiger partial charge < -0.3 is 4.74 Å². The third kappa shape index (κ3) is 2.84.